The second-order valence-corrected chi connectivity index (χ2v) is 11.5. The molecule has 1 heterocycles. The molecule has 4 rings (SSSR count). The standard InChI is InChI=1S/C30H36FN2O2S/c1-23-11-9-16-25-17-10-20-33(30(23)25)36(34,35)29-21-26(18-19-28(29)31)27(22-32-2)15-8-7-14-24-12-5-3-4-6-13-24/h3-6,9,11-13,16,18-19,21,27,32H,7-8,10,14-15,17,20,22H2,1-2H3. The van der Waals surface area contributed by atoms with Gasteiger partial charge in [0.1, 0.15) is 10.7 Å². The Bertz CT molecular complexity index is 1260. The van der Waals surface area contributed by atoms with Crippen LogP contribution in [-0.4, -0.2) is 28.6 Å². The molecular weight excluding hydrogens is 471 g/mol. The lowest BCUT2D eigenvalue weighted by Crippen LogP contribution is -2.36. The topological polar surface area (TPSA) is 49.4 Å². The smallest absolute Gasteiger partial charge is 0.267 e. The number of unbranched alkanes of at least 4 members (excludes halogenated alkanes) is 1. The number of sulfonamides is 1. The fourth-order valence-corrected chi connectivity index (χ4v) is 6.90. The maximum Gasteiger partial charge on any atom is 0.267 e. The zero-order chi connectivity index (χ0) is 25.5. The highest BCUT2D eigenvalue weighted by Crippen LogP contribution is 2.36. The fraction of sp³-hybridized carbons (Fsp3) is 0.367. The van der Waals surface area contributed by atoms with Gasteiger partial charge >= 0.3 is 0 Å². The van der Waals surface area contributed by atoms with Crippen molar-refractivity contribution >= 4 is 15.7 Å². The number of nitrogens with zero attached hydrogens (tertiary/aromatic N) is 1. The summed E-state index contributed by atoms with van der Waals surface area (Å²) in [5.74, 6) is -0.591. The number of para-hydroxylation sites is 1. The number of likely N-dealkylation sites (N-methyl/N-ethyl adjacent to an activating group) is 1. The summed E-state index contributed by atoms with van der Waals surface area (Å²) in [4.78, 5) is -0.228. The molecule has 1 N–H and O–H groups in total. The Morgan fingerprint density at radius 1 is 1.08 bits per heavy atom. The number of fused-ring (bicyclic) bond motifs is 1. The Morgan fingerprint density at radius 2 is 1.92 bits per heavy atom. The molecule has 36 heavy (non-hydrogen) atoms. The van der Waals surface area contributed by atoms with E-state index >= 15 is 4.39 Å². The molecule has 0 fully saturated rings. The van der Waals surface area contributed by atoms with E-state index in [1.165, 1.54) is 15.9 Å². The normalized spacial score (nSPS) is 16.4. The van der Waals surface area contributed by atoms with Crippen molar-refractivity contribution in [3.8, 4) is 0 Å². The van der Waals surface area contributed by atoms with Crippen LogP contribution in [0.3, 0.4) is 0 Å². The average Bonchev–Trinajstić information content (AvgIpc) is 3.15. The first-order valence-electron chi connectivity index (χ1n) is 12.8. The molecule has 2 aromatic carbocycles. The zero-order valence-corrected chi connectivity index (χ0v) is 22.0. The molecule has 0 bridgehead atoms. The van der Waals surface area contributed by atoms with Crippen LogP contribution < -0.4 is 9.62 Å². The third kappa shape index (κ3) is 5.98. The van der Waals surface area contributed by atoms with Gasteiger partial charge in [-0.3, -0.25) is 4.31 Å². The van der Waals surface area contributed by atoms with Gasteiger partial charge in [-0.15, -0.1) is 0 Å². The van der Waals surface area contributed by atoms with Gasteiger partial charge in [0.2, 0.25) is 0 Å². The van der Waals surface area contributed by atoms with Crippen molar-refractivity contribution in [3.63, 3.8) is 0 Å². The van der Waals surface area contributed by atoms with Crippen molar-refractivity contribution in [2.75, 3.05) is 24.4 Å². The number of halogens is 1. The molecular formula is C30H36FN2O2S. The average molecular weight is 508 g/mol. The number of nitrogens with one attached hydrogen (secondary N) is 1. The molecule has 1 atom stereocenters. The number of aryl methyl sites for hydroxylation is 2. The van der Waals surface area contributed by atoms with E-state index in [-0.39, 0.29) is 10.8 Å². The van der Waals surface area contributed by atoms with Crippen LogP contribution in [0.4, 0.5) is 10.1 Å². The third-order valence-corrected chi connectivity index (χ3v) is 8.86. The summed E-state index contributed by atoms with van der Waals surface area (Å²) in [6.07, 6.45) is 17.9. The zero-order valence-electron chi connectivity index (χ0n) is 21.2. The lowest BCUT2D eigenvalue weighted by Gasteiger charge is -2.32. The Labute approximate surface area is 215 Å². The lowest BCUT2D eigenvalue weighted by atomic mass is 9.92. The molecule has 0 aromatic heterocycles. The molecule has 1 unspecified atom stereocenters. The molecule has 0 saturated carbocycles. The van der Waals surface area contributed by atoms with Gasteiger partial charge in [0.05, 0.1) is 5.69 Å². The number of rotatable bonds is 10. The SMILES string of the molecule is CNCC(CCCCC1=CC=CC=C[CH]1)c1ccc(F)c(S(=O)(=O)N2CCCc3cccc(C)c32)c1. The van der Waals surface area contributed by atoms with E-state index in [0.717, 1.165) is 55.2 Å². The first-order valence-corrected chi connectivity index (χ1v) is 14.3. The van der Waals surface area contributed by atoms with Crippen molar-refractivity contribution in [3.05, 3.63) is 101 Å². The Morgan fingerprint density at radius 3 is 2.75 bits per heavy atom. The summed E-state index contributed by atoms with van der Waals surface area (Å²) in [5, 5.41) is 3.23. The maximum atomic E-state index is 15.0. The largest absolute Gasteiger partial charge is 0.319 e. The number of allylic oxidation sites excluding steroid dienone is 6. The van der Waals surface area contributed by atoms with Crippen molar-refractivity contribution < 1.29 is 12.8 Å². The van der Waals surface area contributed by atoms with Gasteiger partial charge in [-0.1, -0.05) is 66.6 Å². The predicted octanol–water partition coefficient (Wildman–Crippen LogP) is 6.40. The van der Waals surface area contributed by atoms with Crippen molar-refractivity contribution in [1.82, 2.24) is 5.32 Å². The van der Waals surface area contributed by atoms with Gasteiger partial charge in [0.15, 0.2) is 0 Å². The number of hydrogen-bond acceptors (Lipinski definition) is 3. The van der Waals surface area contributed by atoms with Crippen LogP contribution in [-0.2, 0) is 16.4 Å². The minimum atomic E-state index is -4.03. The fourth-order valence-electron chi connectivity index (χ4n) is 5.20. The van der Waals surface area contributed by atoms with Gasteiger partial charge in [0.25, 0.3) is 10.0 Å². The van der Waals surface area contributed by atoms with Crippen LogP contribution in [0.15, 0.2) is 77.2 Å². The van der Waals surface area contributed by atoms with Crippen LogP contribution in [0, 0.1) is 19.2 Å². The highest BCUT2D eigenvalue weighted by molar-refractivity contribution is 7.92. The van der Waals surface area contributed by atoms with Crippen molar-refractivity contribution in [1.29, 1.82) is 0 Å². The molecule has 0 amide bonds. The molecule has 1 radical (unpaired) electrons. The lowest BCUT2D eigenvalue weighted by molar-refractivity contribution is 0.536. The monoisotopic (exact) mass is 507 g/mol. The second-order valence-electron chi connectivity index (χ2n) is 9.63. The van der Waals surface area contributed by atoms with Crippen LogP contribution in [0.1, 0.15) is 54.7 Å². The quantitative estimate of drug-likeness (QED) is 0.379. The first kappa shape index (κ1) is 26.4. The Kier molecular flexibility index (Phi) is 8.81. The summed E-state index contributed by atoms with van der Waals surface area (Å²) >= 11 is 0. The van der Waals surface area contributed by atoms with Crippen LogP contribution in [0.25, 0.3) is 0 Å². The summed E-state index contributed by atoms with van der Waals surface area (Å²) in [6, 6.07) is 10.5. The number of anilines is 1. The van der Waals surface area contributed by atoms with Crippen LogP contribution in [0.5, 0.6) is 0 Å². The van der Waals surface area contributed by atoms with E-state index in [2.05, 4.69) is 30.0 Å². The second kappa shape index (κ2) is 12.0. The van der Waals surface area contributed by atoms with E-state index in [9.17, 15) is 8.42 Å². The number of benzene rings is 2. The van der Waals surface area contributed by atoms with E-state index < -0.39 is 15.8 Å². The first-order chi connectivity index (χ1) is 17.4. The van der Waals surface area contributed by atoms with Gasteiger partial charge in [-0.05, 0) is 80.8 Å². The van der Waals surface area contributed by atoms with Gasteiger partial charge < -0.3 is 5.32 Å². The molecule has 0 saturated heterocycles. The molecule has 1 aliphatic heterocycles. The molecule has 4 nitrogen and oxygen atoms in total. The molecule has 191 valence electrons. The van der Waals surface area contributed by atoms with Crippen molar-refractivity contribution in [2.45, 2.75) is 56.3 Å². The Hall–Kier alpha value is -2.70. The van der Waals surface area contributed by atoms with E-state index in [4.69, 9.17) is 0 Å². The Balaban J connectivity index is 1.53. The third-order valence-electron chi connectivity index (χ3n) is 7.05. The molecule has 1 aliphatic carbocycles. The minimum absolute atomic E-state index is 0.104. The van der Waals surface area contributed by atoms with E-state index in [0.29, 0.717) is 18.8 Å². The van der Waals surface area contributed by atoms with Crippen LogP contribution >= 0.6 is 0 Å². The predicted molar refractivity (Wildman–Crippen MR) is 146 cm³/mol. The highest BCUT2D eigenvalue weighted by atomic mass is 32.2. The number of hydrogen-bond donors (Lipinski definition) is 1. The molecule has 2 aliphatic rings. The van der Waals surface area contributed by atoms with E-state index in [1.54, 1.807) is 12.1 Å². The van der Waals surface area contributed by atoms with Crippen LogP contribution in [0.2, 0.25) is 0 Å². The van der Waals surface area contributed by atoms with E-state index in [1.807, 2.05) is 44.3 Å². The highest BCUT2D eigenvalue weighted by Gasteiger charge is 2.32. The maximum absolute atomic E-state index is 15.0. The molecule has 2 aromatic rings. The van der Waals surface area contributed by atoms with Crippen molar-refractivity contribution in [2.24, 2.45) is 0 Å². The summed E-state index contributed by atoms with van der Waals surface area (Å²) in [6.45, 7) is 2.98. The summed E-state index contributed by atoms with van der Waals surface area (Å²) < 4.78 is 44.0. The van der Waals surface area contributed by atoms with Gasteiger partial charge in [0, 0.05) is 19.5 Å². The summed E-state index contributed by atoms with van der Waals surface area (Å²) in [7, 11) is -2.13. The van der Waals surface area contributed by atoms with Gasteiger partial charge in [-0.2, -0.15) is 0 Å². The molecule has 0 spiro atoms. The summed E-state index contributed by atoms with van der Waals surface area (Å²) in [5.41, 5.74) is 4.76. The molecule has 6 heteroatoms. The minimum Gasteiger partial charge on any atom is -0.319 e. The van der Waals surface area contributed by atoms with Gasteiger partial charge in [-0.25, -0.2) is 12.8 Å².